The molecule has 0 aromatic carbocycles. The van der Waals surface area contributed by atoms with Crippen molar-refractivity contribution in [3.05, 3.63) is 27.1 Å². The summed E-state index contributed by atoms with van der Waals surface area (Å²) in [6, 6.07) is 0.979. The molecule has 0 fully saturated rings. The van der Waals surface area contributed by atoms with Gasteiger partial charge in [-0.3, -0.25) is 10.1 Å². The highest BCUT2D eigenvalue weighted by molar-refractivity contribution is 7.13. The minimum Gasteiger partial charge on any atom is -0.478 e. The molecule has 0 aliphatic heterocycles. The number of hydrogen-bond acceptors (Lipinski definition) is 4. The van der Waals surface area contributed by atoms with Crippen molar-refractivity contribution in [2.24, 2.45) is 0 Å². The van der Waals surface area contributed by atoms with Gasteiger partial charge < -0.3 is 5.11 Å². The van der Waals surface area contributed by atoms with Crippen LogP contribution in [-0.4, -0.2) is 16.0 Å². The molecule has 0 amide bonds. The molecule has 0 bridgehead atoms. The first-order valence-electron chi connectivity index (χ1n) is 2.50. The molecular weight excluding hydrogens is 170 g/mol. The third-order valence-corrected chi connectivity index (χ3v) is 1.74. The summed E-state index contributed by atoms with van der Waals surface area (Å²) in [6.45, 7) is 0. The molecule has 1 heterocycles. The highest BCUT2D eigenvalue weighted by Gasteiger charge is 2.13. The van der Waals surface area contributed by atoms with Crippen molar-refractivity contribution < 1.29 is 14.8 Å². The fourth-order valence-corrected chi connectivity index (χ4v) is 1.10. The van der Waals surface area contributed by atoms with Gasteiger partial charge in [-0.2, -0.15) is 0 Å². The average molecular weight is 172 g/mol. The van der Waals surface area contributed by atoms with Gasteiger partial charge in [0.15, 0.2) is 0 Å². The maximum absolute atomic E-state index is 10.2. The van der Waals surface area contributed by atoms with E-state index in [9.17, 15) is 14.9 Å². The molecule has 6 heteroatoms. The number of thiophene rings is 1. The summed E-state index contributed by atoms with van der Waals surface area (Å²) in [7, 11) is 0. The average Bonchev–Trinajstić information content (AvgIpc) is 2.33. The second kappa shape index (κ2) is 2.67. The van der Waals surface area contributed by atoms with Crippen molar-refractivity contribution in [2.75, 3.05) is 0 Å². The van der Waals surface area contributed by atoms with E-state index >= 15 is 0 Å². The van der Waals surface area contributed by atoms with Crippen LogP contribution in [-0.2, 0) is 0 Å². The van der Waals surface area contributed by atoms with Crippen LogP contribution >= 0.6 is 11.3 Å². The zero-order chi connectivity index (χ0) is 8.43. The Kier molecular flexibility index (Phi) is 1.86. The Labute approximate surface area is 65.0 Å². The van der Waals surface area contributed by atoms with E-state index in [1.54, 1.807) is 0 Å². The standard InChI is InChI=1S/C5H2NO4S/c7-5(8)3-1-4(6(9)10)11-2-3/h1H,(H,7,8). The number of nitrogens with zero attached hydrogens (tertiary/aromatic N) is 1. The van der Waals surface area contributed by atoms with Gasteiger partial charge in [0.05, 0.1) is 15.9 Å². The number of rotatable bonds is 2. The fraction of sp³-hybridized carbons (Fsp3) is 0. The lowest BCUT2D eigenvalue weighted by Crippen LogP contribution is -1.92. The van der Waals surface area contributed by atoms with E-state index in [1.165, 1.54) is 0 Å². The summed E-state index contributed by atoms with van der Waals surface area (Å²) in [6.07, 6.45) is 0. The van der Waals surface area contributed by atoms with Crippen molar-refractivity contribution in [1.29, 1.82) is 0 Å². The zero-order valence-corrected chi connectivity index (χ0v) is 5.92. The SMILES string of the molecule is O=C(O)c1[c]sc([N+](=O)[O-])c1. The van der Waals surface area contributed by atoms with Crippen molar-refractivity contribution in [2.45, 2.75) is 0 Å². The molecule has 11 heavy (non-hydrogen) atoms. The topological polar surface area (TPSA) is 80.4 Å². The van der Waals surface area contributed by atoms with Crippen LogP contribution in [0.3, 0.4) is 0 Å². The van der Waals surface area contributed by atoms with Gasteiger partial charge >= 0.3 is 11.0 Å². The number of carboxylic acids is 1. The van der Waals surface area contributed by atoms with Gasteiger partial charge in [0, 0.05) is 6.07 Å². The number of aromatic carboxylic acids is 1. The lowest BCUT2D eigenvalue weighted by molar-refractivity contribution is -0.380. The summed E-state index contributed by atoms with van der Waals surface area (Å²) in [5, 5.41) is 20.5. The predicted octanol–water partition coefficient (Wildman–Crippen LogP) is 1.15. The maximum Gasteiger partial charge on any atom is 0.337 e. The number of carboxylic acid groups (broad SMARTS) is 1. The lowest BCUT2D eigenvalue weighted by atomic mass is 10.3. The van der Waals surface area contributed by atoms with Crippen molar-refractivity contribution in [1.82, 2.24) is 0 Å². The van der Waals surface area contributed by atoms with Gasteiger partial charge in [0.1, 0.15) is 0 Å². The largest absolute Gasteiger partial charge is 0.478 e. The van der Waals surface area contributed by atoms with Crippen molar-refractivity contribution >= 4 is 22.3 Å². The Hall–Kier alpha value is -1.43. The van der Waals surface area contributed by atoms with E-state index in [0.717, 1.165) is 6.07 Å². The molecule has 0 unspecified atom stereocenters. The third kappa shape index (κ3) is 1.53. The second-order valence-electron chi connectivity index (χ2n) is 1.66. The molecule has 0 saturated heterocycles. The molecule has 0 aliphatic rings. The van der Waals surface area contributed by atoms with Gasteiger partial charge in [-0.05, 0) is 0 Å². The Morgan fingerprint density at radius 2 is 2.45 bits per heavy atom. The quantitative estimate of drug-likeness (QED) is 0.536. The van der Waals surface area contributed by atoms with Crippen LogP contribution in [0.2, 0.25) is 0 Å². The number of carbonyl (C=O) groups is 1. The molecule has 0 spiro atoms. The van der Waals surface area contributed by atoms with E-state index in [4.69, 9.17) is 5.11 Å². The summed E-state index contributed by atoms with van der Waals surface area (Å²) in [5.41, 5.74) is -0.165. The van der Waals surface area contributed by atoms with Crippen molar-refractivity contribution in [3.8, 4) is 0 Å². The van der Waals surface area contributed by atoms with Gasteiger partial charge in [0.2, 0.25) is 0 Å². The Bertz CT molecular complexity index is 277. The van der Waals surface area contributed by atoms with E-state index in [1.807, 2.05) is 0 Å². The Balaban J connectivity index is 2.99. The third-order valence-electron chi connectivity index (χ3n) is 0.944. The van der Waals surface area contributed by atoms with Crippen LogP contribution in [0.5, 0.6) is 0 Å². The van der Waals surface area contributed by atoms with Crippen LogP contribution in [0.1, 0.15) is 10.4 Å². The molecule has 0 aliphatic carbocycles. The molecule has 1 N–H and O–H groups in total. The Morgan fingerprint density at radius 3 is 2.73 bits per heavy atom. The summed E-state index contributed by atoms with van der Waals surface area (Å²) in [5.74, 6) is -1.20. The zero-order valence-electron chi connectivity index (χ0n) is 5.10. The highest BCUT2D eigenvalue weighted by atomic mass is 32.1. The van der Waals surface area contributed by atoms with Crippen LogP contribution in [0.25, 0.3) is 0 Å². The maximum atomic E-state index is 10.2. The molecule has 5 nitrogen and oxygen atoms in total. The minimum absolute atomic E-state index is 0.165. The first-order chi connectivity index (χ1) is 5.11. The summed E-state index contributed by atoms with van der Waals surface area (Å²) >= 11 is 0.681. The van der Waals surface area contributed by atoms with E-state index in [2.05, 4.69) is 5.38 Å². The second-order valence-corrected chi connectivity index (χ2v) is 2.49. The molecule has 1 aromatic rings. The molecule has 0 saturated carbocycles. The molecule has 57 valence electrons. The Morgan fingerprint density at radius 1 is 1.82 bits per heavy atom. The predicted molar refractivity (Wildman–Crippen MR) is 36.8 cm³/mol. The molecule has 1 radical (unpaired) electrons. The fourth-order valence-electron chi connectivity index (χ4n) is 0.485. The van der Waals surface area contributed by atoms with E-state index in [0.29, 0.717) is 11.3 Å². The highest BCUT2D eigenvalue weighted by Crippen LogP contribution is 2.21. The minimum atomic E-state index is -1.20. The molecule has 0 atom stereocenters. The first kappa shape index (κ1) is 7.67. The monoisotopic (exact) mass is 172 g/mol. The molecule has 1 aromatic heterocycles. The number of hydrogen-bond donors (Lipinski definition) is 1. The summed E-state index contributed by atoms with van der Waals surface area (Å²) in [4.78, 5) is 19.6. The van der Waals surface area contributed by atoms with E-state index in [-0.39, 0.29) is 10.6 Å². The lowest BCUT2D eigenvalue weighted by Gasteiger charge is -1.80. The smallest absolute Gasteiger partial charge is 0.337 e. The van der Waals surface area contributed by atoms with Gasteiger partial charge in [-0.1, -0.05) is 11.3 Å². The number of nitro groups is 1. The van der Waals surface area contributed by atoms with Crippen LogP contribution in [0, 0.1) is 15.5 Å². The normalized spacial score (nSPS) is 9.45. The van der Waals surface area contributed by atoms with Crippen LogP contribution in [0.15, 0.2) is 6.07 Å². The van der Waals surface area contributed by atoms with Gasteiger partial charge in [-0.15, -0.1) is 0 Å². The molecule has 1 rings (SSSR count). The van der Waals surface area contributed by atoms with Crippen LogP contribution in [0.4, 0.5) is 5.00 Å². The molecular formula is C5H2NO4S. The first-order valence-corrected chi connectivity index (χ1v) is 3.32. The van der Waals surface area contributed by atoms with Crippen LogP contribution < -0.4 is 0 Å². The van der Waals surface area contributed by atoms with Gasteiger partial charge in [-0.25, -0.2) is 4.79 Å². The van der Waals surface area contributed by atoms with E-state index < -0.39 is 10.9 Å². The van der Waals surface area contributed by atoms with Crippen molar-refractivity contribution in [3.63, 3.8) is 0 Å². The van der Waals surface area contributed by atoms with Gasteiger partial charge in [0.25, 0.3) is 0 Å². The summed E-state index contributed by atoms with van der Waals surface area (Å²) < 4.78 is 0.